The zero-order valence-electron chi connectivity index (χ0n) is 16.2. The zero-order valence-corrected chi connectivity index (χ0v) is 17.7. The number of hydrogen-bond acceptors (Lipinski definition) is 6. The van der Waals surface area contributed by atoms with Crippen LogP contribution in [0.15, 0.2) is 55.1 Å². The average Bonchev–Trinajstić information content (AvgIpc) is 3.26. The highest BCUT2D eigenvalue weighted by atomic mass is 35.5. The summed E-state index contributed by atoms with van der Waals surface area (Å²) in [5.74, 6) is -1.20. The minimum atomic E-state index is -0.662. The minimum Gasteiger partial charge on any atom is -0.452 e. The Balaban J connectivity index is 1.47. The van der Waals surface area contributed by atoms with Crippen LogP contribution >= 0.6 is 23.2 Å². The number of benzene rings is 2. The number of halogens is 2. The molecule has 0 saturated heterocycles. The Morgan fingerprint density at radius 3 is 2.65 bits per heavy atom. The highest BCUT2D eigenvalue weighted by molar-refractivity contribution is 6.31. The van der Waals surface area contributed by atoms with E-state index in [2.05, 4.69) is 20.4 Å². The van der Waals surface area contributed by atoms with Crippen molar-refractivity contribution >= 4 is 51.7 Å². The summed E-state index contributed by atoms with van der Waals surface area (Å²) < 4.78 is 6.67. The van der Waals surface area contributed by atoms with Gasteiger partial charge >= 0.3 is 5.97 Å². The predicted molar refractivity (Wildman–Crippen MR) is 117 cm³/mol. The van der Waals surface area contributed by atoms with Crippen LogP contribution in [0.25, 0.3) is 16.6 Å². The van der Waals surface area contributed by atoms with E-state index in [0.29, 0.717) is 38.0 Å². The second kappa shape index (κ2) is 8.71. The number of nitrogens with one attached hydrogen (secondary N) is 1. The maximum Gasteiger partial charge on any atom is 0.340 e. The molecule has 0 saturated carbocycles. The molecule has 2 aromatic heterocycles. The third kappa shape index (κ3) is 4.65. The number of fused-ring (bicyclic) bond motifs is 1. The summed E-state index contributed by atoms with van der Waals surface area (Å²) in [6.07, 6.45) is 2.86. The van der Waals surface area contributed by atoms with Gasteiger partial charge in [0.2, 0.25) is 0 Å². The number of carbonyl (C=O) groups excluding carboxylic acids is 2. The first-order valence-corrected chi connectivity index (χ1v) is 9.85. The van der Waals surface area contributed by atoms with Gasteiger partial charge in [0.25, 0.3) is 5.91 Å². The van der Waals surface area contributed by atoms with Crippen LogP contribution in [-0.2, 0) is 9.53 Å². The van der Waals surface area contributed by atoms with Crippen molar-refractivity contribution < 1.29 is 14.3 Å². The van der Waals surface area contributed by atoms with E-state index in [-0.39, 0.29) is 5.56 Å². The molecule has 0 fully saturated rings. The van der Waals surface area contributed by atoms with E-state index in [0.717, 1.165) is 0 Å². The molecule has 10 heteroatoms. The molecule has 0 unspecified atom stereocenters. The van der Waals surface area contributed by atoms with Crippen LogP contribution in [-0.4, -0.2) is 38.2 Å². The molecule has 0 bridgehead atoms. The van der Waals surface area contributed by atoms with Gasteiger partial charge in [-0.1, -0.05) is 23.2 Å². The molecule has 1 amide bonds. The van der Waals surface area contributed by atoms with Crippen LogP contribution in [0.5, 0.6) is 0 Å². The number of nitrogens with zero attached hydrogens (tertiary/aromatic N) is 4. The Bertz CT molecular complexity index is 1290. The molecule has 2 heterocycles. The highest BCUT2D eigenvalue weighted by Gasteiger charge is 2.16. The van der Waals surface area contributed by atoms with E-state index in [4.69, 9.17) is 27.9 Å². The number of carbonyl (C=O) groups is 2. The maximum atomic E-state index is 12.5. The van der Waals surface area contributed by atoms with Crippen molar-refractivity contribution in [1.29, 1.82) is 0 Å². The predicted octanol–water partition coefficient (Wildman–Crippen LogP) is 4.23. The van der Waals surface area contributed by atoms with Gasteiger partial charge in [-0.05, 0) is 49.4 Å². The van der Waals surface area contributed by atoms with Crippen molar-refractivity contribution in [2.75, 3.05) is 11.9 Å². The van der Waals surface area contributed by atoms with Crippen molar-refractivity contribution in [3.05, 3.63) is 76.4 Å². The van der Waals surface area contributed by atoms with Crippen LogP contribution in [0, 0.1) is 6.92 Å². The van der Waals surface area contributed by atoms with Gasteiger partial charge in [0.1, 0.15) is 12.7 Å². The van der Waals surface area contributed by atoms with E-state index >= 15 is 0 Å². The molecular formula is C21H15Cl2N5O3. The first-order chi connectivity index (χ1) is 14.9. The Morgan fingerprint density at radius 2 is 1.87 bits per heavy atom. The first-order valence-electron chi connectivity index (χ1n) is 9.09. The van der Waals surface area contributed by atoms with E-state index in [1.54, 1.807) is 49.4 Å². The quantitative estimate of drug-likeness (QED) is 0.452. The summed E-state index contributed by atoms with van der Waals surface area (Å²) in [6, 6.07) is 11.8. The fraction of sp³-hybridized carbons (Fsp3) is 0.0952. The van der Waals surface area contributed by atoms with Crippen molar-refractivity contribution in [1.82, 2.24) is 19.7 Å². The molecule has 0 aliphatic heterocycles. The smallest absolute Gasteiger partial charge is 0.340 e. The SMILES string of the molecule is Cc1nc2ccc(Cl)cc2cc1C(=O)OCC(=O)Nc1cc(Cl)ccc1-n1cncn1. The lowest BCUT2D eigenvalue weighted by molar-refractivity contribution is -0.119. The number of anilines is 1. The number of ether oxygens (including phenoxy) is 1. The molecule has 8 nitrogen and oxygen atoms in total. The number of hydrogen-bond donors (Lipinski definition) is 1. The Morgan fingerprint density at radius 1 is 1.10 bits per heavy atom. The largest absolute Gasteiger partial charge is 0.452 e. The number of aryl methyl sites for hydroxylation is 1. The lowest BCUT2D eigenvalue weighted by atomic mass is 10.1. The second-order valence-electron chi connectivity index (χ2n) is 6.58. The molecule has 0 atom stereocenters. The summed E-state index contributed by atoms with van der Waals surface area (Å²) in [7, 11) is 0. The van der Waals surface area contributed by atoms with Crippen molar-refractivity contribution in [3.63, 3.8) is 0 Å². The van der Waals surface area contributed by atoms with Crippen LogP contribution in [0.4, 0.5) is 5.69 Å². The van der Waals surface area contributed by atoms with Crippen LogP contribution in [0.1, 0.15) is 16.1 Å². The molecule has 4 aromatic rings. The second-order valence-corrected chi connectivity index (χ2v) is 7.46. The summed E-state index contributed by atoms with van der Waals surface area (Å²) in [6.45, 7) is 1.20. The highest BCUT2D eigenvalue weighted by Crippen LogP contribution is 2.24. The summed E-state index contributed by atoms with van der Waals surface area (Å²) >= 11 is 12.1. The van der Waals surface area contributed by atoms with Gasteiger partial charge in [0.15, 0.2) is 6.61 Å². The first kappa shape index (κ1) is 20.8. The van der Waals surface area contributed by atoms with Crippen molar-refractivity contribution in [3.8, 4) is 5.69 Å². The fourth-order valence-electron chi connectivity index (χ4n) is 2.99. The molecule has 0 spiro atoms. The number of amides is 1. The minimum absolute atomic E-state index is 0.258. The van der Waals surface area contributed by atoms with Crippen LogP contribution in [0.3, 0.4) is 0 Å². The Labute approximate surface area is 186 Å². The van der Waals surface area contributed by atoms with Gasteiger partial charge in [-0.2, -0.15) is 5.10 Å². The van der Waals surface area contributed by atoms with E-state index in [9.17, 15) is 9.59 Å². The average molecular weight is 456 g/mol. The monoisotopic (exact) mass is 455 g/mol. The number of pyridine rings is 1. The van der Waals surface area contributed by atoms with Crippen LogP contribution in [0.2, 0.25) is 10.0 Å². The Hall–Kier alpha value is -3.49. The van der Waals surface area contributed by atoms with Crippen molar-refractivity contribution in [2.45, 2.75) is 6.92 Å². The number of rotatable bonds is 5. The molecule has 31 heavy (non-hydrogen) atoms. The maximum absolute atomic E-state index is 12.5. The third-order valence-electron chi connectivity index (χ3n) is 4.42. The molecule has 2 aromatic carbocycles. The molecular weight excluding hydrogens is 441 g/mol. The molecule has 1 N–H and O–H groups in total. The Kier molecular flexibility index (Phi) is 5.83. The van der Waals surface area contributed by atoms with E-state index in [1.807, 2.05) is 0 Å². The standard InChI is InChI=1S/C21H15Cl2N5O3/c1-12-16(7-13-6-14(22)2-4-17(13)26-12)21(30)31-9-20(29)27-18-8-15(23)3-5-19(18)28-11-24-10-25-28/h2-8,10-11H,9H2,1H3,(H,27,29). The lowest BCUT2D eigenvalue weighted by Crippen LogP contribution is -2.22. The van der Waals surface area contributed by atoms with E-state index < -0.39 is 18.5 Å². The third-order valence-corrected chi connectivity index (χ3v) is 4.89. The van der Waals surface area contributed by atoms with Gasteiger partial charge in [-0.15, -0.1) is 0 Å². The zero-order chi connectivity index (χ0) is 22.0. The van der Waals surface area contributed by atoms with Gasteiger partial charge < -0.3 is 10.1 Å². The lowest BCUT2D eigenvalue weighted by Gasteiger charge is -2.12. The van der Waals surface area contributed by atoms with E-state index in [1.165, 1.54) is 17.3 Å². The molecule has 0 radical (unpaired) electrons. The van der Waals surface area contributed by atoms with Gasteiger partial charge in [-0.3, -0.25) is 9.78 Å². The summed E-state index contributed by atoms with van der Waals surface area (Å²) in [5, 5.41) is 8.38. The fourth-order valence-corrected chi connectivity index (χ4v) is 3.34. The topological polar surface area (TPSA) is 99.0 Å². The normalized spacial score (nSPS) is 10.8. The van der Waals surface area contributed by atoms with Crippen LogP contribution < -0.4 is 5.32 Å². The van der Waals surface area contributed by atoms with Crippen molar-refractivity contribution in [2.24, 2.45) is 0 Å². The molecule has 0 aliphatic carbocycles. The van der Waals surface area contributed by atoms with Gasteiger partial charge in [-0.25, -0.2) is 14.5 Å². The molecule has 0 aliphatic rings. The number of esters is 1. The van der Waals surface area contributed by atoms with Gasteiger partial charge in [0.05, 0.1) is 28.1 Å². The number of aromatic nitrogens is 4. The summed E-state index contributed by atoms with van der Waals surface area (Å²) in [4.78, 5) is 33.2. The van der Waals surface area contributed by atoms with Gasteiger partial charge in [0, 0.05) is 15.4 Å². The molecule has 156 valence electrons. The summed E-state index contributed by atoms with van der Waals surface area (Å²) in [5.41, 5.74) is 2.42. The molecule has 4 rings (SSSR count).